The molecule has 1 saturated heterocycles. The zero-order valence-corrected chi connectivity index (χ0v) is 21.1. The van der Waals surface area contributed by atoms with Crippen LogP contribution in [-0.4, -0.2) is 51.1 Å². The summed E-state index contributed by atoms with van der Waals surface area (Å²) in [6.45, 7) is 8.93. The van der Waals surface area contributed by atoms with Crippen LogP contribution in [0.15, 0.2) is 36.7 Å². The van der Waals surface area contributed by atoms with Gasteiger partial charge >= 0.3 is 0 Å². The molecule has 1 unspecified atom stereocenters. The molecule has 182 valence electrons. The number of hydrogen-bond donors (Lipinski definition) is 2. The van der Waals surface area contributed by atoms with E-state index in [4.69, 9.17) is 19.9 Å². The normalized spacial score (nSPS) is 29.3. The molecule has 0 bridgehead atoms. The molecule has 34 heavy (non-hydrogen) atoms. The number of anilines is 1. The molecule has 3 heterocycles. The van der Waals surface area contributed by atoms with Crippen LogP contribution in [0, 0.1) is 5.92 Å². The van der Waals surface area contributed by atoms with E-state index in [0.717, 1.165) is 18.4 Å². The average molecular weight is 484 g/mol. The summed E-state index contributed by atoms with van der Waals surface area (Å²) in [5, 5.41) is 0. The molecule has 3 aromatic rings. The van der Waals surface area contributed by atoms with E-state index in [1.807, 2.05) is 54.9 Å². The Bertz CT molecular complexity index is 1170. The number of hydrogen-bond acceptors (Lipinski definition) is 8. The number of rotatable bonds is 6. The van der Waals surface area contributed by atoms with Crippen LogP contribution < -0.4 is 10.5 Å². The molecule has 9 nitrogen and oxygen atoms in total. The Morgan fingerprint density at radius 2 is 2.03 bits per heavy atom. The van der Waals surface area contributed by atoms with Gasteiger partial charge in [-0.3, -0.25) is 0 Å². The zero-order chi connectivity index (χ0) is 24.1. The summed E-state index contributed by atoms with van der Waals surface area (Å²) in [5.74, 6) is 0.649. The number of fused-ring (bicyclic) bond motifs is 1. The second-order valence-electron chi connectivity index (χ2n) is 9.96. The summed E-state index contributed by atoms with van der Waals surface area (Å²) in [5.41, 5.74) is 7.89. The van der Waals surface area contributed by atoms with Crippen LogP contribution in [0.5, 0.6) is 5.88 Å². The molecule has 1 saturated carbocycles. The van der Waals surface area contributed by atoms with E-state index in [-0.39, 0.29) is 29.7 Å². The summed E-state index contributed by atoms with van der Waals surface area (Å²) < 4.78 is 20.5. The van der Waals surface area contributed by atoms with Gasteiger partial charge in [0.05, 0.1) is 19.0 Å². The largest absolute Gasteiger partial charge is 0.471 e. The Morgan fingerprint density at radius 3 is 2.68 bits per heavy atom. The second-order valence-corrected chi connectivity index (χ2v) is 14.0. The van der Waals surface area contributed by atoms with Gasteiger partial charge in [0.25, 0.3) is 0 Å². The van der Waals surface area contributed by atoms with E-state index < -0.39 is 13.9 Å². The first-order valence-electron chi connectivity index (χ1n) is 11.9. The quantitative estimate of drug-likeness (QED) is 0.510. The Hall–Kier alpha value is -2.53. The first-order chi connectivity index (χ1) is 16.2. The molecule has 1 aliphatic heterocycles. The Kier molecular flexibility index (Phi) is 5.87. The highest BCUT2D eigenvalue weighted by molar-refractivity contribution is 6.71. The van der Waals surface area contributed by atoms with Crippen molar-refractivity contribution in [1.29, 1.82) is 0 Å². The van der Waals surface area contributed by atoms with E-state index in [2.05, 4.69) is 21.9 Å². The van der Waals surface area contributed by atoms with Crippen LogP contribution in [0.3, 0.4) is 0 Å². The second kappa shape index (κ2) is 8.60. The van der Waals surface area contributed by atoms with Crippen LogP contribution in [0.25, 0.3) is 11.2 Å². The molecule has 2 aliphatic rings. The predicted octanol–water partition coefficient (Wildman–Crippen LogP) is 3.66. The summed E-state index contributed by atoms with van der Waals surface area (Å²) in [7, 11) is -2.47. The minimum absolute atomic E-state index is 0.104. The third-order valence-electron chi connectivity index (χ3n) is 7.39. The van der Waals surface area contributed by atoms with Crippen molar-refractivity contribution in [3.63, 3.8) is 0 Å². The van der Waals surface area contributed by atoms with Crippen molar-refractivity contribution in [2.24, 2.45) is 5.92 Å². The molecule has 5 rings (SSSR count). The number of aromatic nitrogens is 4. The van der Waals surface area contributed by atoms with Crippen molar-refractivity contribution < 1.29 is 19.0 Å². The summed E-state index contributed by atoms with van der Waals surface area (Å²) in [4.78, 5) is 24.7. The van der Waals surface area contributed by atoms with E-state index >= 15 is 0 Å². The van der Waals surface area contributed by atoms with Gasteiger partial charge in [0, 0.05) is 0 Å². The van der Waals surface area contributed by atoms with Crippen LogP contribution >= 0.6 is 0 Å². The van der Waals surface area contributed by atoms with E-state index in [9.17, 15) is 4.80 Å². The maximum absolute atomic E-state index is 11.2. The van der Waals surface area contributed by atoms with E-state index in [1.54, 1.807) is 6.33 Å². The van der Waals surface area contributed by atoms with Gasteiger partial charge in [-0.25, -0.2) is 4.98 Å². The molecule has 3 N–H and O–H groups in total. The van der Waals surface area contributed by atoms with Crippen LogP contribution in [-0.2, 0) is 16.1 Å². The number of nitrogens with zero attached hydrogens (tertiary/aromatic N) is 4. The minimum Gasteiger partial charge on any atom is -0.471 e. The van der Waals surface area contributed by atoms with Gasteiger partial charge in [-0.15, -0.1) is 0 Å². The first kappa shape index (κ1) is 23.2. The lowest BCUT2D eigenvalue weighted by Crippen LogP contribution is -2.46. The van der Waals surface area contributed by atoms with Crippen molar-refractivity contribution in [3.05, 3.63) is 42.2 Å². The molecule has 1 aromatic carbocycles. The summed E-state index contributed by atoms with van der Waals surface area (Å²) >= 11 is 0. The number of nitrogens with two attached hydrogens (primary N) is 1. The third kappa shape index (κ3) is 3.88. The molecule has 1 spiro atoms. The fraction of sp³-hybridized carbons (Fsp3) is 0.542. The van der Waals surface area contributed by atoms with Gasteiger partial charge in [-0.1, -0.05) is 43.7 Å². The SMILES string of the molecule is CC[C@@H]1[C@@H]([Si](C)(C)O)C[C@H](n2cnc3c(OCc4ccccc4)nc(N)nc32)[C@]12COC(C)O2. The fourth-order valence-electron chi connectivity index (χ4n) is 5.91. The minimum atomic E-state index is -2.47. The zero-order valence-electron chi connectivity index (χ0n) is 20.1. The molecule has 2 fully saturated rings. The van der Waals surface area contributed by atoms with Gasteiger partial charge in [-0.2, -0.15) is 9.97 Å². The van der Waals surface area contributed by atoms with Crippen molar-refractivity contribution in [3.8, 4) is 5.88 Å². The number of nitrogen functional groups attached to an aromatic ring is 1. The Morgan fingerprint density at radius 1 is 1.26 bits per heavy atom. The average Bonchev–Trinajstić information content (AvgIpc) is 3.47. The topological polar surface area (TPSA) is 118 Å². The molecule has 10 heteroatoms. The summed E-state index contributed by atoms with van der Waals surface area (Å²) in [6.07, 6.45) is 3.12. The lowest BCUT2D eigenvalue weighted by Gasteiger charge is -2.37. The van der Waals surface area contributed by atoms with Gasteiger partial charge in [0.2, 0.25) is 11.8 Å². The number of ether oxygens (including phenoxy) is 3. The third-order valence-corrected chi connectivity index (χ3v) is 9.84. The molecule has 1 aliphatic carbocycles. The fourth-order valence-corrected chi connectivity index (χ4v) is 8.21. The van der Waals surface area contributed by atoms with Crippen molar-refractivity contribution >= 4 is 25.4 Å². The molecular formula is C24H33N5O4Si. The summed E-state index contributed by atoms with van der Waals surface area (Å²) in [6, 6.07) is 9.78. The van der Waals surface area contributed by atoms with Crippen molar-refractivity contribution in [1.82, 2.24) is 19.5 Å². The number of benzene rings is 1. The molecule has 5 atom stereocenters. The highest BCUT2D eigenvalue weighted by Crippen LogP contribution is 2.59. The Balaban J connectivity index is 1.56. The van der Waals surface area contributed by atoms with E-state index in [1.165, 1.54) is 0 Å². The van der Waals surface area contributed by atoms with Gasteiger partial charge in [0.1, 0.15) is 12.2 Å². The lowest BCUT2D eigenvalue weighted by molar-refractivity contribution is -0.105. The first-order valence-corrected chi connectivity index (χ1v) is 14.9. The highest BCUT2D eigenvalue weighted by Gasteiger charge is 2.62. The molecule has 2 aromatic heterocycles. The maximum Gasteiger partial charge on any atom is 0.247 e. The number of imidazole rings is 1. The van der Waals surface area contributed by atoms with Crippen LogP contribution in [0.1, 0.15) is 38.3 Å². The standard InChI is InChI=1S/C24H33N5O4Si/c1-5-17-18(34(3,4)30)11-19(24(17)13-32-15(2)33-24)29-14-26-20-21(29)27-23(25)28-22(20)31-12-16-9-7-6-8-10-16/h6-10,14-15,17-19,30H,5,11-13H2,1-4H3,(H2,25,27,28)/t15?,17-,18+,19+,24+/m1/s1. The molecule has 0 amide bonds. The molecule has 0 radical (unpaired) electrons. The van der Waals surface area contributed by atoms with Gasteiger partial charge in [-0.05, 0) is 43.5 Å². The van der Waals surface area contributed by atoms with Crippen LogP contribution in [0.2, 0.25) is 18.6 Å². The van der Waals surface area contributed by atoms with Gasteiger partial charge in [0.15, 0.2) is 25.8 Å². The lowest BCUT2D eigenvalue weighted by atomic mass is 9.86. The van der Waals surface area contributed by atoms with Crippen molar-refractivity contribution in [2.75, 3.05) is 12.3 Å². The highest BCUT2D eigenvalue weighted by atomic mass is 28.4. The predicted molar refractivity (Wildman–Crippen MR) is 131 cm³/mol. The van der Waals surface area contributed by atoms with Crippen LogP contribution in [0.4, 0.5) is 5.95 Å². The smallest absolute Gasteiger partial charge is 0.247 e. The Labute approximate surface area is 200 Å². The maximum atomic E-state index is 11.2. The molecular weight excluding hydrogens is 450 g/mol. The van der Waals surface area contributed by atoms with Gasteiger partial charge < -0.3 is 29.3 Å². The van der Waals surface area contributed by atoms with Crippen molar-refractivity contribution in [2.45, 2.75) is 69.9 Å². The monoisotopic (exact) mass is 483 g/mol. The van der Waals surface area contributed by atoms with E-state index in [0.29, 0.717) is 30.3 Å².